The highest BCUT2D eigenvalue weighted by Gasteiger charge is 2.26. The third-order valence-corrected chi connectivity index (χ3v) is 4.64. The van der Waals surface area contributed by atoms with Crippen LogP contribution in [0.5, 0.6) is 0 Å². The lowest BCUT2D eigenvalue weighted by Gasteiger charge is -2.30. The number of nitrogens with zero attached hydrogens (tertiary/aromatic N) is 3. The first-order valence-corrected chi connectivity index (χ1v) is 9.41. The van der Waals surface area contributed by atoms with Crippen LogP contribution in [0, 0.1) is 5.82 Å². The summed E-state index contributed by atoms with van der Waals surface area (Å²) in [5.41, 5.74) is 0.357. The summed E-state index contributed by atoms with van der Waals surface area (Å²) in [4.78, 5) is 32.1. The second-order valence-corrected chi connectivity index (χ2v) is 8.07. The molecule has 29 heavy (non-hydrogen) atoms. The molecule has 0 fully saturated rings. The van der Waals surface area contributed by atoms with E-state index in [4.69, 9.17) is 0 Å². The van der Waals surface area contributed by atoms with Gasteiger partial charge in [0, 0.05) is 12.6 Å². The average Bonchev–Trinajstić information content (AvgIpc) is 2.66. The number of carbonyl (C=O) groups is 1. The standard InChI is InChI=1S/C22H25FN4O2/c1-14(26(5)21(29)25-22(2,3)4)19-24-18-9-7-6-8-17(18)20(28)27(19)16-12-10-15(23)11-13-16/h6-14H,1-5H3,(H,25,29). The zero-order valence-electron chi connectivity index (χ0n) is 17.2. The Bertz CT molecular complexity index is 1100. The Labute approximate surface area is 169 Å². The lowest BCUT2D eigenvalue weighted by Crippen LogP contribution is -2.48. The summed E-state index contributed by atoms with van der Waals surface area (Å²) in [5.74, 6) is -0.00122. The van der Waals surface area contributed by atoms with E-state index in [-0.39, 0.29) is 11.6 Å². The molecule has 1 aromatic heterocycles. The van der Waals surface area contributed by atoms with E-state index < -0.39 is 17.4 Å². The number of urea groups is 1. The molecule has 1 atom stereocenters. The molecule has 0 saturated carbocycles. The highest BCUT2D eigenvalue weighted by Crippen LogP contribution is 2.22. The van der Waals surface area contributed by atoms with Crippen LogP contribution in [0.1, 0.15) is 39.6 Å². The largest absolute Gasteiger partial charge is 0.333 e. The van der Waals surface area contributed by atoms with E-state index in [0.29, 0.717) is 22.4 Å². The van der Waals surface area contributed by atoms with E-state index in [1.807, 2.05) is 26.8 Å². The van der Waals surface area contributed by atoms with Gasteiger partial charge in [0.1, 0.15) is 11.6 Å². The van der Waals surface area contributed by atoms with Crippen molar-refractivity contribution in [2.24, 2.45) is 0 Å². The molecule has 3 rings (SSSR count). The van der Waals surface area contributed by atoms with Gasteiger partial charge in [0.25, 0.3) is 5.56 Å². The Hall–Kier alpha value is -3.22. The van der Waals surface area contributed by atoms with Crippen molar-refractivity contribution in [2.45, 2.75) is 39.3 Å². The summed E-state index contributed by atoms with van der Waals surface area (Å²) in [6, 6.07) is 11.9. The number of rotatable bonds is 3. The maximum Gasteiger partial charge on any atom is 0.318 e. The van der Waals surface area contributed by atoms with Gasteiger partial charge in [0.2, 0.25) is 0 Å². The number of fused-ring (bicyclic) bond motifs is 1. The van der Waals surface area contributed by atoms with E-state index in [0.717, 1.165) is 0 Å². The smallest absolute Gasteiger partial charge is 0.318 e. The minimum atomic E-state index is -0.514. The third kappa shape index (κ3) is 4.29. The highest BCUT2D eigenvalue weighted by atomic mass is 19.1. The van der Waals surface area contributed by atoms with Crippen molar-refractivity contribution in [1.29, 1.82) is 0 Å². The van der Waals surface area contributed by atoms with Crippen molar-refractivity contribution in [3.8, 4) is 5.69 Å². The first-order chi connectivity index (χ1) is 13.6. The van der Waals surface area contributed by atoms with E-state index in [1.165, 1.54) is 33.7 Å². The van der Waals surface area contributed by atoms with Gasteiger partial charge in [-0.05, 0) is 64.1 Å². The van der Waals surface area contributed by atoms with Crippen LogP contribution in [0.25, 0.3) is 16.6 Å². The topological polar surface area (TPSA) is 67.2 Å². The summed E-state index contributed by atoms with van der Waals surface area (Å²) in [6.07, 6.45) is 0. The van der Waals surface area contributed by atoms with Gasteiger partial charge in [-0.1, -0.05) is 12.1 Å². The van der Waals surface area contributed by atoms with Crippen LogP contribution in [-0.2, 0) is 0 Å². The maximum atomic E-state index is 13.4. The Kier molecular flexibility index (Phi) is 5.42. The van der Waals surface area contributed by atoms with Gasteiger partial charge >= 0.3 is 6.03 Å². The number of benzene rings is 2. The molecule has 0 radical (unpaired) electrons. The molecule has 1 unspecified atom stereocenters. The summed E-state index contributed by atoms with van der Waals surface area (Å²) in [5, 5.41) is 3.36. The first kappa shape index (κ1) is 20.5. The van der Waals surface area contributed by atoms with Crippen LogP contribution in [0.2, 0.25) is 0 Å². The second-order valence-electron chi connectivity index (χ2n) is 8.07. The average molecular weight is 396 g/mol. The molecule has 1 N–H and O–H groups in total. The SMILES string of the molecule is CC(c1nc2ccccc2c(=O)n1-c1ccc(F)cc1)N(C)C(=O)NC(C)(C)C. The maximum absolute atomic E-state index is 13.4. The fourth-order valence-corrected chi connectivity index (χ4v) is 3.03. The van der Waals surface area contributed by atoms with Crippen molar-refractivity contribution >= 4 is 16.9 Å². The number of amides is 2. The Morgan fingerprint density at radius 1 is 1.14 bits per heavy atom. The van der Waals surface area contributed by atoms with Crippen LogP contribution in [-0.4, -0.2) is 33.1 Å². The normalized spacial score (nSPS) is 12.6. The lowest BCUT2D eigenvalue weighted by atomic mass is 10.1. The number of halogens is 1. The van der Waals surface area contributed by atoms with Crippen molar-refractivity contribution < 1.29 is 9.18 Å². The van der Waals surface area contributed by atoms with Crippen LogP contribution in [0.3, 0.4) is 0 Å². The molecule has 0 aliphatic carbocycles. The van der Waals surface area contributed by atoms with Gasteiger partial charge in [0.15, 0.2) is 0 Å². The fourth-order valence-electron chi connectivity index (χ4n) is 3.03. The van der Waals surface area contributed by atoms with Crippen LogP contribution in [0.4, 0.5) is 9.18 Å². The molecular formula is C22H25FN4O2. The Morgan fingerprint density at radius 3 is 2.38 bits per heavy atom. The number of hydrogen-bond donors (Lipinski definition) is 1. The van der Waals surface area contributed by atoms with Gasteiger partial charge < -0.3 is 10.2 Å². The van der Waals surface area contributed by atoms with E-state index in [1.54, 1.807) is 32.2 Å². The molecule has 7 heteroatoms. The summed E-state index contributed by atoms with van der Waals surface area (Å²) < 4.78 is 14.9. The Morgan fingerprint density at radius 2 is 1.76 bits per heavy atom. The lowest BCUT2D eigenvalue weighted by molar-refractivity contribution is 0.182. The van der Waals surface area contributed by atoms with Gasteiger partial charge in [-0.2, -0.15) is 0 Å². The van der Waals surface area contributed by atoms with Gasteiger partial charge in [-0.3, -0.25) is 9.36 Å². The number of nitrogens with one attached hydrogen (secondary N) is 1. The minimum Gasteiger partial charge on any atom is -0.333 e. The summed E-state index contributed by atoms with van der Waals surface area (Å²) in [6.45, 7) is 7.49. The molecule has 152 valence electrons. The van der Waals surface area contributed by atoms with Gasteiger partial charge in [0.05, 0.1) is 22.6 Å². The van der Waals surface area contributed by atoms with E-state index >= 15 is 0 Å². The quantitative estimate of drug-likeness (QED) is 0.727. The van der Waals surface area contributed by atoms with Crippen LogP contribution in [0.15, 0.2) is 53.3 Å². The first-order valence-electron chi connectivity index (χ1n) is 9.41. The van der Waals surface area contributed by atoms with Crippen LogP contribution >= 0.6 is 0 Å². The molecule has 0 aliphatic rings. The van der Waals surface area contributed by atoms with Gasteiger partial charge in [-0.25, -0.2) is 14.2 Å². The molecular weight excluding hydrogens is 371 g/mol. The number of aromatic nitrogens is 2. The molecule has 2 amide bonds. The highest BCUT2D eigenvalue weighted by molar-refractivity contribution is 5.78. The summed E-state index contributed by atoms with van der Waals surface area (Å²) >= 11 is 0. The number of hydrogen-bond acceptors (Lipinski definition) is 3. The Balaban J connectivity index is 2.17. The predicted octanol–water partition coefficient (Wildman–Crippen LogP) is 4.03. The summed E-state index contributed by atoms with van der Waals surface area (Å²) in [7, 11) is 1.65. The zero-order chi connectivity index (χ0) is 21.3. The molecule has 6 nitrogen and oxygen atoms in total. The van der Waals surface area contributed by atoms with Crippen molar-refractivity contribution in [3.05, 3.63) is 70.5 Å². The molecule has 0 spiro atoms. The monoisotopic (exact) mass is 396 g/mol. The second kappa shape index (κ2) is 7.66. The molecule has 1 heterocycles. The van der Waals surface area contributed by atoms with Crippen molar-refractivity contribution in [3.63, 3.8) is 0 Å². The molecule has 0 saturated heterocycles. The molecule has 0 aliphatic heterocycles. The van der Waals surface area contributed by atoms with E-state index in [9.17, 15) is 14.0 Å². The zero-order valence-corrected chi connectivity index (χ0v) is 17.2. The van der Waals surface area contributed by atoms with Gasteiger partial charge in [-0.15, -0.1) is 0 Å². The van der Waals surface area contributed by atoms with Crippen molar-refractivity contribution in [2.75, 3.05) is 7.05 Å². The molecule has 3 aromatic rings. The van der Waals surface area contributed by atoms with Crippen LogP contribution < -0.4 is 10.9 Å². The molecule has 0 bridgehead atoms. The number of carbonyl (C=O) groups excluding carboxylic acids is 1. The third-order valence-electron chi connectivity index (χ3n) is 4.64. The molecule has 2 aromatic carbocycles. The fraction of sp³-hybridized carbons (Fsp3) is 0.318. The number of para-hydroxylation sites is 1. The predicted molar refractivity (Wildman–Crippen MR) is 112 cm³/mol. The van der Waals surface area contributed by atoms with Crippen molar-refractivity contribution in [1.82, 2.24) is 19.8 Å². The minimum absolute atomic E-state index is 0.270. The van der Waals surface area contributed by atoms with E-state index in [2.05, 4.69) is 10.3 Å².